The second-order valence-electron chi connectivity index (χ2n) is 8.20. The van der Waals surface area contributed by atoms with Gasteiger partial charge in [0.05, 0.1) is 32.1 Å². The van der Waals surface area contributed by atoms with E-state index in [-0.39, 0.29) is 121 Å². The Morgan fingerprint density at radius 1 is 1.03 bits per heavy atom. The quantitative estimate of drug-likeness (QED) is 0.155. The Balaban J connectivity index is 0.0000116. The summed E-state index contributed by atoms with van der Waals surface area (Å²) in [5.41, 5.74) is 1.64. The zero-order chi connectivity index (χ0) is 25.2. The SMILES string of the molecule is CC(=O)CC(=O)Cc1ccc(C[N-]C(=O)COCCCOC(=O)NCCCCC(C)C=O)cc1.[Rb+]. The molecule has 0 aliphatic heterocycles. The summed E-state index contributed by atoms with van der Waals surface area (Å²) in [4.78, 5) is 56.5. The number of nitrogens with zero attached hydrogens (tertiary/aromatic N) is 1. The molecule has 1 N–H and O–H groups in total. The van der Waals surface area contributed by atoms with Gasteiger partial charge in [-0.2, -0.15) is 0 Å². The molecule has 1 rings (SSSR count). The van der Waals surface area contributed by atoms with Crippen LogP contribution in [0.1, 0.15) is 57.1 Å². The van der Waals surface area contributed by atoms with Crippen molar-refractivity contribution in [1.82, 2.24) is 5.32 Å². The number of amides is 2. The van der Waals surface area contributed by atoms with Crippen molar-refractivity contribution >= 4 is 29.9 Å². The summed E-state index contributed by atoms with van der Waals surface area (Å²) in [6, 6.07) is 7.16. The molecule has 0 spiro atoms. The molecule has 0 aliphatic rings. The van der Waals surface area contributed by atoms with Crippen molar-refractivity contribution in [3.05, 3.63) is 40.7 Å². The van der Waals surface area contributed by atoms with Crippen LogP contribution in [0.25, 0.3) is 5.32 Å². The summed E-state index contributed by atoms with van der Waals surface area (Å²) in [5, 5.41) is 6.59. The third-order valence-corrected chi connectivity index (χ3v) is 4.79. The van der Waals surface area contributed by atoms with E-state index in [1.54, 1.807) is 24.3 Å². The summed E-state index contributed by atoms with van der Waals surface area (Å²) in [7, 11) is 0. The predicted molar refractivity (Wildman–Crippen MR) is 126 cm³/mol. The average molecular weight is 561 g/mol. The van der Waals surface area contributed by atoms with Crippen LogP contribution >= 0.6 is 0 Å². The van der Waals surface area contributed by atoms with Crippen LogP contribution in [0.3, 0.4) is 0 Å². The average Bonchev–Trinajstić information content (AvgIpc) is 2.79. The molecule has 1 aromatic carbocycles. The zero-order valence-corrected chi connectivity index (χ0v) is 26.0. The molecule has 0 aromatic heterocycles. The van der Waals surface area contributed by atoms with Crippen molar-refractivity contribution in [2.75, 3.05) is 26.4 Å². The van der Waals surface area contributed by atoms with Crippen molar-refractivity contribution in [2.45, 2.75) is 58.9 Å². The second kappa shape index (κ2) is 20.9. The Morgan fingerprint density at radius 3 is 2.37 bits per heavy atom. The second-order valence-corrected chi connectivity index (χ2v) is 8.20. The smallest absolute Gasteiger partial charge is 0.648 e. The van der Waals surface area contributed by atoms with E-state index < -0.39 is 6.09 Å². The third kappa shape index (κ3) is 18.6. The number of ether oxygens (including phenoxy) is 2. The largest absolute Gasteiger partial charge is 1.00 e. The Bertz CT molecular complexity index is 800. The minimum absolute atomic E-state index is 0. The Hall–Kier alpha value is -1.26. The van der Waals surface area contributed by atoms with Crippen molar-refractivity contribution in [2.24, 2.45) is 5.92 Å². The van der Waals surface area contributed by atoms with E-state index in [4.69, 9.17) is 9.47 Å². The maximum absolute atomic E-state index is 11.8. The number of benzene rings is 1. The van der Waals surface area contributed by atoms with Crippen molar-refractivity contribution in [3.63, 3.8) is 0 Å². The Morgan fingerprint density at radius 2 is 1.71 bits per heavy atom. The van der Waals surface area contributed by atoms with E-state index in [9.17, 15) is 24.0 Å². The van der Waals surface area contributed by atoms with E-state index in [2.05, 4.69) is 10.6 Å². The number of unbranched alkanes of at least 4 members (excludes halogenated alkanes) is 1. The monoisotopic (exact) mass is 560 g/mol. The maximum atomic E-state index is 11.8. The Kier molecular flexibility index (Phi) is 20.1. The van der Waals surface area contributed by atoms with E-state index in [0.29, 0.717) is 13.0 Å². The standard InChI is InChI=1S/C25H36N2O7.Rb/c1-19(17-28)6-3-4-11-26-25(32)34-13-5-12-33-18-24(31)27-16-22-9-7-21(8-10-22)15-23(30)14-20(2)29;/h7-10,17,19H,3-6,11-16,18H2,1-2H3,(H2,26,27,31,32);/q;+1/p-1. The number of alkyl carbamates (subject to hydrolysis) is 1. The molecule has 0 radical (unpaired) electrons. The first kappa shape index (κ1) is 33.7. The van der Waals surface area contributed by atoms with E-state index in [1.807, 2.05) is 6.92 Å². The topological polar surface area (TPSA) is 130 Å². The molecule has 35 heavy (non-hydrogen) atoms. The fourth-order valence-corrected chi connectivity index (χ4v) is 2.94. The molecular weight excluding hydrogens is 526 g/mol. The van der Waals surface area contributed by atoms with Crippen LogP contribution in [-0.2, 0) is 41.6 Å². The normalized spacial score (nSPS) is 11.0. The van der Waals surface area contributed by atoms with Gasteiger partial charge in [-0.15, -0.1) is 6.54 Å². The third-order valence-electron chi connectivity index (χ3n) is 4.79. The zero-order valence-electron chi connectivity index (χ0n) is 21.0. The first-order valence-electron chi connectivity index (χ1n) is 11.5. The van der Waals surface area contributed by atoms with Crippen LogP contribution in [0.2, 0.25) is 0 Å². The number of nitrogens with one attached hydrogen (secondary N) is 1. The molecule has 0 bridgehead atoms. The van der Waals surface area contributed by atoms with Gasteiger partial charge in [0.15, 0.2) is 0 Å². The van der Waals surface area contributed by atoms with Gasteiger partial charge >= 0.3 is 64.3 Å². The van der Waals surface area contributed by atoms with E-state index in [0.717, 1.165) is 36.7 Å². The van der Waals surface area contributed by atoms with Crippen LogP contribution in [0, 0.1) is 5.92 Å². The summed E-state index contributed by atoms with van der Waals surface area (Å²) in [6.45, 7) is 4.26. The molecule has 10 heteroatoms. The number of rotatable bonds is 18. The van der Waals surface area contributed by atoms with Gasteiger partial charge in [0.1, 0.15) is 17.9 Å². The molecule has 1 aromatic rings. The molecule has 0 aliphatic carbocycles. The number of ketones is 2. The van der Waals surface area contributed by atoms with Gasteiger partial charge in [0.2, 0.25) is 0 Å². The number of aldehydes is 1. The van der Waals surface area contributed by atoms with Crippen LogP contribution in [-0.4, -0.2) is 56.2 Å². The number of carbonyl (C=O) groups excluding carboxylic acids is 5. The summed E-state index contributed by atoms with van der Waals surface area (Å²) in [6.07, 6.45) is 3.49. The van der Waals surface area contributed by atoms with Crippen LogP contribution in [0.4, 0.5) is 4.79 Å². The molecule has 0 fully saturated rings. The number of hydrogen-bond donors (Lipinski definition) is 1. The minimum Gasteiger partial charge on any atom is -0.648 e. The molecular formula is C25H35N2O7Rb. The van der Waals surface area contributed by atoms with Crippen molar-refractivity contribution in [3.8, 4) is 0 Å². The first-order chi connectivity index (χ1) is 16.3. The Labute approximate surface area is 256 Å². The van der Waals surface area contributed by atoms with Gasteiger partial charge < -0.3 is 29.7 Å². The van der Waals surface area contributed by atoms with Gasteiger partial charge in [-0.3, -0.25) is 9.59 Å². The molecule has 2 amide bonds. The van der Waals surface area contributed by atoms with Crippen molar-refractivity contribution < 1.29 is 91.6 Å². The summed E-state index contributed by atoms with van der Waals surface area (Å²) in [5.74, 6) is -0.617. The molecule has 0 saturated carbocycles. The maximum Gasteiger partial charge on any atom is 1.00 e. The number of carbonyl (C=O) groups is 5. The molecule has 1 atom stereocenters. The van der Waals surface area contributed by atoms with Gasteiger partial charge in [-0.1, -0.05) is 43.2 Å². The molecule has 188 valence electrons. The summed E-state index contributed by atoms with van der Waals surface area (Å²) < 4.78 is 10.3. The van der Waals surface area contributed by atoms with Crippen LogP contribution < -0.4 is 63.5 Å². The molecule has 1 unspecified atom stereocenters. The van der Waals surface area contributed by atoms with Gasteiger partial charge in [0, 0.05) is 25.3 Å². The number of Topliss-reactive ketones (excluding diaryl/α,β-unsaturated/α-hetero) is 2. The van der Waals surface area contributed by atoms with E-state index >= 15 is 0 Å². The summed E-state index contributed by atoms with van der Waals surface area (Å²) >= 11 is 0. The van der Waals surface area contributed by atoms with E-state index in [1.165, 1.54) is 6.92 Å². The van der Waals surface area contributed by atoms with Crippen LogP contribution in [0.5, 0.6) is 0 Å². The fraction of sp³-hybridized carbons (Fsp3) is 0.560. The fourth-order valence-electron chi connectivity index (χ4n) is 2.94. The minimum atomic E-state index is -0.497. The first-order valence-corrected chi connectivity index (χ1v) is 11.5. The predicted octanol–water partition coefficient (Wildman–Crippen LogP) is 0.320. The molecule has 0 saturated heterocycles. The van der Waals surface area contributed by atoms with Gasteiger partial charge in [-0.25, -0.2) is 4.79 Å². The van der Waals surface area contributed by atoms with Crippen molar-refractivity contribution in [1.29, 1.82) is 0 Å². The van der Waals surface area contributed by atoms with Crippen LogP contribution in [0.15, 0.2) is 24.3 Å². The number of hydrogen-bond acceptors (Lipinski definition) is 7. The van der Waals surface area contributed by atoms with Gasteiger partial charge in [-0.05, 0) is 25.3 Å². The molecule has 0 heterocycles. The molecule has 9 nitrogen and oxygen atoms in total. The van der Waals surface area contributed by atoms with Gasteiger partial charge in [0.25, 0.3) is 0 Å².